The number of imidazole rings is 1. The number of carbonyl (C=O) groups is 4. The van der Waals surface area contributed by atoms with Crippen molar-refractivity contribution in [1.29, 1.82) is 0 Å². The van der Waals surface area contributed by atoms with Gasteiger partial charge in [0.05, 0.1) is 12.4 Å². The lowest BCUT2D eigenvalue weighted by Crippen LogP contribution is -2.59. The standard InChI is InChI=1S/C26H38N6O6/c1-14(2)9-21(26(37)38)31-24(35)20(10-16-5-7-18(33)8-6-16)30-25(36)22(15(3)4)32-23(34)19(27)11-17-12-28-13-29-17/h5-8,12-15,19-22,33H,9-11,27H2,1-4H3,(H,28,29)(H,30,36)(H,31,35)(H,32,34)(H,37,38). The monoisotopic (exact) mass is 530 g/mol. The molecule has 12 heteroatoms. The molecule has 4 atom stereocenters. The van der Waals surface area contributed by atoms with E-state index in [1.807, 2.05) is 13.8 Å². The third kappa shape index (κ3) is 9.51. The molecule has 38 heavy (non-hydrogen) atoms. The van der Waals surface area contributed by atoms with E-state index in [2.05, 4.69) is 25.9 Å². The number of phenols is 1. The Balaban J connectivity index is 2.19. The van der Waals surface area contributed by atoms with Crippen molar-refractivity contribution < 1.29 is 29.4 Å². The van der Waals surface area contributed by atoms with Crippen LogP contribution in [-0.4, -0.2) is 68.0 Å². The highest BCUT2D eigenvalue weighted by Gasteiger charge is 2.32. The molecule has 8 N–H and O–H groups in total. The maximum atomic E-state index is 13.3. The molecule has 0 aliphatic rings. The molecule has 0 aliphatic heterocycles. The first-order valence-corrected chi connectivity index (χ1v) is 12.5. The van der Waals surface area contributed by atoms with Crippen LogP contribution in [0.2, 0.25) is 0 Å². The number of aromatic amines is 1. The van der Waals surface area contributed by atoms with Crippen molar-refractivity contribution in [2.24, 2.45) is 17.6 Å². The summed E-state index contributed by atoms with van der Waals surface area (Å²) in [5.74, 6) is -3.32. The van der Waals surface area contributed by atoms with Crippen LogP contribution < -0.4 is 21.7 Å². The average Bonchev–Trinajstić information content (AvgIpc) is 3.35. The molecule has 4 unspecified atom stereocenters. The molecule has 208 valence electrons. The largest absolute Gasteiger partial charge is 0.508 e. The number of aromatic nitrogens is 2. The molecule has 1 aromatic carbocycles. The Morgan fingerprint density at radius 2 is 1.55 bits per heavy atom. The van der Waals surface area contributed by atoms with Crippen LogP contribution in [0.5, 0.6) is 5.75 Å². The van der Waals surface area contributed by atoms with Gasteiger partial charge in [-0.1, -0.05) is 39.8 Å². The van der Waals surface area contributed by atoms with Crippen LogP contribution in [-0.2, 0) is 32.0 Å². The molecule has 0 saturated heterocycles. The number of carboxylic acids is 1. The van der Waals surface area contributed by atoms with E-state index in [0.29, 0.717) is 11.3 Å². The molecule has 0 bridgehead atoms. The summed E-state index contributed by atoms with van der Waals surface area (Å²) in [6, 6.07) is 1.87. The predicted molar refractivity (Wildman–Crippen MR) is 140 cm³/mol. The predicted octanol–water partition coefficient (Wildman–Crippen LogP) is 0.469. The number of carboxylic acid groups (broad SMARTS) is 1. The van der Waals surface area contributed by atoms with Gasteiger partial charge < -0.3 is 36.9 Å². The highest BCUT2D eigenvalue weighted by Crippen LogP contribution is 2.13. The molecule has 0 radical (unpaired) electrons. The summed E-state index contributed by atoms with van der Waals surface area (Å²) in [5, 5.41) is 27.0. The number of amides is 3. The van der Waals surface area contributed by atoms with Gasteiger partial charge in [-0.15, -0.1) is 0 Å². The van der Waals surface area contributed by atoms with E-state index < -0.39 is 47.9 Å². The molecule has 12 nitrogen and oxygen atoms in total. The van der Waals surface area contributed by atoms with Gasteiger partial charge in [-0.2, -0.15) is 0 Å². The zero-order valence-electron chi connectivity index (χ0n) is 22.1. The molecule has 0 spiro atoms. The SMILES string of the molecule is CC(C)CC(NC(=O)C(Cc1ccc(O)cc1)NC(=O)C(NC(=O)C(N)Cc1cnc[nH]1)C(C)C)C(=O)O. The summed E-state index contributed by atoms with van der Waals surface area (Å²) in [5.41, 5.74) is 7.31. The van der Waals surface area contributed by atoms with Crippen LogP contribution in [0.3, 0.4) is 0 Å². The fraction of sp³-hybridized carbons (Fsp3) is 0.500. The number of H-pyrrole nitrogens is 1. The fourth-order valence-corrected chi connectivity index (χ4v) is 3.82. The summed E-state index contributed by atoms with van der Waals surface area (Å²) in [4.78, 5) is 57.7. The third-order valence-corrected chi connectivity index (χ3v) is 5.91. The lowest BCUT2D eigenvalue weighted by molar-refractivity contribution is -0.142. The molecule has 0 saturated carbocycles. The Bertz CT molecular complexity index is 1070. The van der Waals surface area contributed by atoms with Gasteiger partial charge in [0.25, 0.3) is 0 Å². The quantitative estimate of drug-likeness (QED) is 0.183. The second-order valence-corrected chi connectivity index (χ2v) is 10.1. The summed E-state index contributed by atoms with van der Waals surface area (Å²) < 4.78 is 0. The Kier molecular flexibility index (Phi) is 11.3. The second-order valence-electron chi connectivity index (χ2n) is 10.1. The highest BCUT2D eigenvalue weighted by atomic mass is 16.4. The number of nitrogens with one attached hydrogen (secondary N) is 4. The number of nitrogens with zero attached hydrogens (tertiary/aromatic N) is 1. The van der Waals surface area contributed by atoms with Crippen molar-refractivity contribution in [2.45, 2.75) is 71.1 Å². The van der Waals surface area contributed by atoms with Crippen LogP contribution in [0.15, 0.2) is 36.8 Å². The van der Waals surface area contributed by atoms with Crippen LogP contribution >= 0.6 is 0 Å². The number of hydrogen-bond donors (Lipinski definition) is 7. The summed E-state index contributed by atoms with van der Waals surface area (Å²) in [6.07, 6.45) is 3.45. The Hall–Kier alpha value is -3.93. The fourth-order valence-electron chi connectivity index (χ4n) is 3.82. The molecule has 2 aromatic rings. The van der Waals surface area contributed by atoms with Crippen LogP contribution in [0, 0.1) is 11.8 Å². The summed E-state index contributed by atoms with van der Waals surface area (Å²) in [6.45, 7) is 7.15. The molecule has 1 aromatic heterocycles. The van der Waals surface area contributed by atoms with Crippen LogP contribution in [0.4, 0.5) is 0 Å². The third-order valence-electron chi connectivity index (χ3n) is 5.91. The molecule has 0 fully saturated rings. The highest BCUT2D eigenvalue weighted by molar-refractivity contribution is 5.94. The topological polar surface area (TPSA) is 200 Å². The molecule has 0 aliphatic carbocycles. The first kappa shape index (κ1) is 30.3. The summed E-state index contributed by atoms with van der Waals surface area (Å²) >= 11 is 0. The summed E-state index contributed by atoms with van der Waals surface area (Å²) in [7, 11) is 0. The van der Waals surface area contributed by atoms with Crippen molar-refractivity contribution >= 4 is 23.7 Å². The lowest BCUT2D eigenvalue weighted by atomic mass is 9.99. The van der Waals surface area contributed by atoms with E-state index in [9.17, 15) is 29.4 Å². The first-order chi connectivity index (χ1) is 17.9. The Labute approximate surface area is 221 Å². The number of aliphatic carboxylic acids is 1. The molecule has 2 rings (SSSR count). The smallest absolute Gasteiger partial charge is 0.326 e. The number of benzene rings is 1. The van der Waals surface area contributed by atoms with Gasteiger partial charge >= 0.3 is 5.97 Å². The minimum Gasteiger partial charge on any atom is -0.508 e. The first-order valence-electron chi connectivity index (χ1n) is 12.5. The van der Waals surface area contributed by atoms with E-state index in [-0.39, 0.29) is 36.8 Å². The number of phenolic OH excluding ortho intramolecular Hbond substituents is 1. The van der Waals surface area contributed by atoms with Crippen LogP contribution in [0.25, 0.3) is 0 Å². The van der Waals surface area contributed by atoms with Crippen molar-refractivity contribution in [2.75, 3.05) is 0 Å². The van der Waals surface area contributed by atoms with Gasteiger partial charge in [0.2, 0.25) is 17.7 Å². The van der Waals surface area contributed by atoms with Crippen molar-refractivity contribution in [3.05, 3.63) is 48.0 Å². The van der Waals surface area contributed by atoms with E-state index in [1.54, 1.807) is 32.2 Å². The number of hydrogen-bond acceptors (Lipinski definition) is 7. The van der Waals surface area contributed by atoms with E-state index in [0.717, 1.165) is 0 Å². The molecule has 1 heterocycles. The normalized spacial score (nSPS) is 14.4. The van der Waals surface area contributed by atoms with E-state index >= 15 is 0 Å². The lowest BCUT2D eigenvalue weighted by Gasteiger charge is -2.27. The minimum absolute atomic E-state index is 0.00745. The molecule has 3 amide bonds. The number of nitrogens with two attached hydrogens (primary N) is 1. The van der Waals surface area contributed by atoms with Gasteiger partial charge in [-0.05, 0) is 36.0 Å². The van der Waals surface area contributed by atoms with Crippen molar-refractivity contribution in [3.63, 3.8) is 0 Å². The van der Waals surface area contributed by atoms with Gasteiger partial charge in [-0.25, -0.2) is 9.78 Å². The van der Waals surface area contributed by atoms with E-state index in [1.165, 1.54) is 18.5 Å². The van der Waals surface area contributed by atoms with Gasteiger partial charge in [0, 0.05) is 24.7 Å². The van der Waals surface area contributed by atoms with Crippen molar-refractivity contribution in [3.8, 4) is 5.75 Å². The average molecular weight is 531 g/mol. The van der Waals surface area contributed by atoms with E-state index in [4.69, 9.17) is 5.73 Å². The van der Waals surface area contributed by atoms with Gasteiger partial charge in [0.15, 0.2) is 0 Å². The zero-order chi connectivity index (χ0) is 28.4. The number of carbonyl (C=O) groups excluding carboxylic acids is 3. The van der Waals surface area contributed by atoms with Gasteiger partial charge in [-0.3, -0.25) is 14.4 Å². The minimum atomic E-state index is -1.18. The second kappa shape index (κ2) is 14.1. The Morgan fingerprint density at radius 1 is 0.921 bits per heavy atom. The molecular weight excluding hydrogens is 492 g/mol. The zero-order valence-corrected chi connectivity index (χ0v) is 22.1. The number of rotatable bonds is 14. The molecular formula is C26H38N6O6. The number of aromatic hydroxyl groups is 1. The van der Waals surface area contributed by atoms with Crippen LogP contribution in [0.1, 0.15) is 45.4 Å². The maximum Gasteiger partial charge on any atom is 0.326 e. The maximum absolute atomic E-state index is 13.3. The Morgan fingerprint density at radius 3 is 2.08 bits per heavy atom. The van der Waals surface area contributed by atoms with Crippen molar-refractivity contribution in [1.82, 2.24) is 25.9 Å². The van der Waals surface area contributed by atoms with Gasteiger partial charge in [0.1, 0.15) is 23.9 Å².